The van der Waals surface area contributed by atoms with Gasteiger partial charge in [0.15, 0.2) is 0 Å². The van der Waals surface area contributed by atoms with Crippen LogP contribution in [0.15, 0.2) is 0 Å². The van der Waals surface area contributed by atoms with Crippen LogP contribution in [-0.4, -0.2) is 16.7 Å². The van der Waals surface area contributed by atoms with E-state index in [1.807, 2.05) is 0 Å². The van der Waals surface area contributed by atoms with Crippen molar-refractivity contribution in [2.75, 3.05) is 7.05 Å². The predicted octanol–water partition coefficient (Wildman–Crippen LogP) is 1.74. The van der Waals surface area contributed by atoms with E-state index in [0.717, 1.165) is 0 Å². The third-order valence-corrected chi connectivity index (χ3v) is 0.999. The topological polar surface area (TPSA) is 29.1 Å². The highest BCUT2D eigenvalue weighted by Gasteiger charge is 2.28. The van der Waals surface area contributed by atoms with Crippen LogP contribution < -0.4 is 5.32 Å². The maximum Gasteiger partial charge on any atom is 0.271 e. The van der Waals surface area contributed by atoms with Gasteiger partial charge in [-0.25, -0.2) is 0 Å². The number of halogens is 3. The van der Waals surface area contributed by atoms with Gasteiger partial charge >= 0.3 is 0 Å². The van der Waals surface area contributed by atoms with Crippen LogP contribution in [0.2, 0.25) is 0 Å². The SMILES string of the molecule is C.CNC(=O)C(Cl)(Cl)Cl. The van der Waals surface area contributed by atoms with E-state index in [9.17, 15) is 4.79 Å². The molecule has 0 saturated heterocycles. The fourth-order valence-electron chi connectivity index (χ4n) is 0.142. The van der Waals surface area contributed by atoms with Crippen LogP contribution in [0.3, 0.4) is 0 Å². The second kappa shape index (κ2) is 4.20. The van der Waals surface area contributed by atoms with Crippen LogP contribution in [0.1, 0.15) is 7.43 Å². The molecule has 0 rings (SSSR count). The molecular formula is C4H8Cl3NO. The van der Waals surface area contributed by atoms with Gasteiger partial charge < -0.3 is 5.32 Å². The predicted molar refractivity (Wildman–Crippen MR) is 41.1 cm³/mol. The third kappa shape index (κ3) is 4.82. The van der Waals surface area contributed by atoms with Crippen LogP contribution in [0.25, 0.3) is 0 Å². The van der Waals surface area contributed by atoms with Crippen molar-refractivity contribution in [3.8, 4) is 0 Å². The van der Waals surface area contributed by atoms with E-state index in [4.69, 9.17) is 34.8 Å². The van der Waals surface area contributed by atoms with Gasteiger partial charge in [-0.1, -0.05) is 42.2 Å². The lowest BCUT2D eigenvalue weighted by molar-refractivity contribution is -0.119. The van der Waals surface area contributed by atoms with E-state index in [-0.39, 0.29) is 7.43 Å². The van der Waals surface area contributed by atoms with Crippen molar-refractivity contribution in [1.82, 2.24) is 5.32 Å². The summed E-state index contributed by atoms with van der Waals surface area (Å²) in [5.74, 6) is -0.623. The van der Waals surface area contributed by atoms with Gasteiger partial charge in [0.2, 0.25) is 0 Å². The molecule has 2 nitrogen and oxygen atoms in total. The van der Waals surface area contributed by atoms with Gasteiger partial charge in [-0.15, -0.1) is 0 Å². The molecule has 0 fully saturated rings. The average Bonchev–Trinajstić information content (AvgIpc) is 1.62. The van der Waals surface area contributed by atoms with Crippen molar-refractivity contribution in [2.45, 2.75) is 11.2 Å². The number of hydrogen-bond acceptors (Lipinski definition) is 1. The molecule has 9 heavy (non-hydrogen) atoms. The number of carbonyl (C=O) groups excluding carboxylic acids is 1. The van der Waals surface area contributed by atoms with Crippen molar-refractivity contribution >= 4 is 40.7 Å². The Labute approximate surface area is 69.5 Å². The zero-order valence-corrected chi connectivity index (χ0v) is 6.31. The summed E-state index contributed by atoms with van der Waals surface area (Å²) in [6.45, 7) is 0. The van der Waals surface area contributed by atoms with Crippen LogP contribution in [-0.2, 0) is 4.79 Å². The van der Waals surface area contributed by atoms with Crippen molar-refractivity contribution in [2.24, 2.45) is 0 Å². The highest BCUT2D eigenvalue weighted by Crippen LogP contribution is 2.25. The summed E-state index contributed by atoms with van der Waals surface area (Å²) in [4.78, 5) is 10.3. The molecule has 5 heteroatoms. The number of alkyl halides is 3. The summed E-state index contributed by atoms with van der Waals surface area (Å²) in [6.07, 6.45) is 0. The van der Waals surface area contributed by atoms with Crippen LogP contribution in [0.4, 0.5) is 0 Å². The first kappa shape index (κ1) is 12.1. The molecule has 0 heterocycles. The number of amides is 1. The number of carbonyl (C=O) groups is 1. The van der Waals surface area contributed by atoms with Crippen LogP contribution in [0, 0.1) is 0 Å². The summed E-state index contributed by atoms with van der Waals surface area (Å²) in [5.41, 5.74) is 0. The minimum atomic E-state index is -1.82. The van der Waals surface area contributed by atoms with Gasteiger partial charge in [-0.2, -0.15) is 0 Å². The Hall–Kier alpha value is 0.340. The van der Waals surface area contributed by atoms with Gasteiger partial charge in [-0.05, 0) is 0 Å². The van der Waals surface area contributed by atoms with Crippen LogP contribution >= 0.6 is 34.8 Å². The molecule has 0 aromatic heterocycles. The Balaban J connectivity index is 0. The van der Waals surface area contributed by atoms with Crippen molar-refractivity contribution in [1.29, 1.82) is 0 Å². The van der Waals surface area contributed by atoms with E-state index in [2.05, 4.69) is 5.32 Å². The van der Waals surface area contributed by atoms with Gasteiger partial charge in [0.1, 0.15) is 0 Å². The first-order chi connectivity index (χ1) is 3.48. The minimum absolute atomic E-state index is 0. The molecule has 0 bridgehead atoms. The third-order valence-electron chi connectivity index (χ3n) is 0.485. The van der Waals surface area contributed by atoms with E-state index >= 15 is 0 Å². The van der Waals surface area contributed by atoms with Gasteiger partial charge in [0.05, 0.1) is 0 Å². The summed E-state index contributed by atoms with van der Waals surface area (Å²) in [5, 5.41) is 2.17. The zero-order valence-electron chi connectivity index (χ0n) is 4.04. The maximum atomic E-state index is 10.3. The summed E-state index contributed by atoms with van der Waals surface area (Å²) in [6, 6.07) is 0. The van der Waals surface area contributed by atoms with Gasteiger partial charge in [0.25, 0.3) is 9.70 Å². The Morgan fingerprint density at radius 1 is 1.44 bits per heavy atom. The lowest BCUT2D eigenvalue weighted by Gasteiger charge is -2.06. The van der Waals surface area contributed by atoms with Gasteiger partial charge in [0, 0.05) is 7.05 Å². The molecule has 56 valence electrons. The van der Waals surface area contributed by atoms with Crippen molar-refractivity contribution in [3.63, 3.8) is 0 Å². The Bertz CT molecular complexity index is 98.5. The standard InChI is InChI=1S/C3H4Cl3NO.CH4/c1-7-2(8)3(4,5)6;/h1H3,(H,7,8);1H4. The molecule has 0 atom stereocenters. The fraction of sp³-hybridized carbons (Fsp3) is 0.750. The summed E-state index contributed by atoms with van der Waals surface area (Å²) in [7, 11) is 1.39. The number of rotatable bonds is 0. The van der Waals surface area contributed by atoms with E-state index < -0.39 is 9.70 Å². The Morgan fingerprint density at radius 3 is 1.78 bits per heavy atom. The first-order valence-electron chi connectivity index (χ1n) is 1.77. The van der Waals surface area contributed by atoms with Crippen molar-refractivity contribution in [3.05, 3.63) is 0 Å². The normalized spacial score (nSPS) is 9.78. The van der Waals surface area contributed by atoms with Crippen molar-refractivity contribution < 1.29 is 4.79 Å². The zero-order chi connectivity index (χ0) is 6.78. The average molecular weight is 192 g/mol. The Morgan fingerprint density at radius 2 is 1.78 bits per heavy atom. The lowest BCUT2D eigenvalue weighted by Crippen LogP contribution is -2.31. The monoisotopic (exact) mass is 191 g/mol. The highest BCUT2D eigenvalue weighted by molar-refractivity contribution is 6.76. The fourth-order valence-corrected chi connectivity index (χ4v) is 0.425. The van der Waals surface area contributed by atoms with Crippen LogP contribution in [0.5, 0.6) is 0 Å². The van der Waals surface area contributed by atoms with E-state index in [1.165, 1.54) is 7.05 Å². The minimum Gasteiger partial charge on any atom is -0.355 e. The number of hydrogen-bond donors (Lipinski definition) is 1. The van der Waals surface area contributed by atoms with Gasteiger partial charge in [-0.3, -0.25) is 4.79 Å². The number of nitrogens with one attached hydrogen (secondary N) is 1. The maximum absolute atomic E-state index is 10.3. The molecule has 0 aliphatic carbocycles. The smallest absolute Gasteiger partial charge is 0.271 e. The van der Waals surface area contributed by atoms with E-state index in [0.29, 0.717) is 0 Å². The molecule has 0 aliphatic heterocycles. The highest BCUT2D eigenvalue weighted by atomic mass is 35.6. The molecule has 1 amide bonds. The molecular weight excluding hydrogens is 184 g/mol. The molecule has 0 aromatic carbocycles. The largest absolute Gasteiger partial charge is 0.355 e. The quantitative estimate of drug-likeness (QED) is 0.582. The second-order valence-electron chi connectivity index (χ2n) is 1.08. The molecule has 0 spiro atoms. The Kier molecular flexibility index (Phi) is 5.63. The summed E-state index contributed by atoms with van der Waals surface area (Å²) < 4.78 is -1.82. The second-order valence-corrected chi connectivity index (χ2v) is 3.36. The molecule has 1 N–H and O–H groups in total. The van der Waals surface area contributed by atoms with E-state index in [1.54, 1.807) is 0 Å². The molecule has 0 aromatic rings. The molecule has 0 radical (unpaired) electrons. The lowest BCUT2D eigenvalue weighted by atomic mass is 10.7. The molecule has 0 saturated carbocycles. The summed E-state index contributed by atoms with van der Waals surface area (Å²) >= 11 is 15.3. The molecule has 0 unspecified atom stereocenters. The molecule has 0 aliphatic rings. The first-order valence-corrected chi connectivity index (χ1v) is 2.90.